The van der Waals surface area contributed by atoms with Gasteiger partial charge in [0.2, 0.25) is 0 Å². The minimum Gasteiger partial charge on any atom is -0.447 e. The van der Waals surface area contributed by atoms with Crippen LogP contribution in [0.3, 0.4) is 0 Å². The van der Waals surface area contributed by atoms with E-state index in [-0.39, 0.29) is 13.2 Å². The number of amides is 1. The number of carbonyl (C=O) groups is 1. The van der Waals surface area contributed by atoms with E-state index in [9.17, 15) is 4.79 Å². The summed E-state index contributed by atoms with van der Waals surface area (Å²) in [6.07, 6.45) is 2.90. The summed E-state index contributed by atoms with van der Waals surface area (Å²) in [6.45, 7) is -0.236. The fourth-order valence-electron chi connectivity index (χ4n) is 1.90. The summed E-state index contributed by atoms with van der Waals surface area (Å²) < 4.78 is 6.68. The number of imidazole rings is 1. The third kappa shape index (κ3) is 3.36. The van der Waals surface area contributed by atoms with Crippen LogP contribution in [0.4, 0.5) is 4.79 Å². The molecule has 106 valence electrons. The van der Waals surface area contributed by atoms with E-state index in [0.29, 0.717) is 5.82 Å². The Kier molecular flexibility index (Phi) is 4.73. The predicted molar refractivity (Wildman–Crippen MR) is 73.1 cm³/mol. The van der Waals surface area contributed by atoms with Gasteiger partial charge in [-0.2, -0.15) is 0 Å². The average Bonchev–Trinajstić information content (AvgIpc) is 2.89. The molecule has 0 aliphatic rings. The molecule has 6 heteroatoms. The summed E-state index contributed by atoms with van der Waals surface area (Å²) in [4.78, 5) is 16.0. The molecule has 1 amide bonds. The Balaban J connectivity index is 2.22. The molecule has 2 rings (SSSR count). The number of nitrogens with one attached hydrogen (secondary N) is 1. The van der Waals surface area contributed by atoms with Crippen LogP contribution >= 0.6 is 0 Å². The van der Waals surface area contributed by atoms with Crippen LogP contribution in [-0.4, -0.2) is 34.0 Å². The first-order valence-electron chi connectivity index (χ1n) is 6.28. The lowest BCUT2D eigenvalue weighted by atomic mass is 10.1. The van der Waals surface area contributed by atoms with Crippen LogP contribution in [0.5, 0.6) is 0 Å². The summed E-state index contributed by atoms with van der Waals surface area (Å²) in [5.41, 5.74) is 0.905. The second-order valence-electron chi connectivity index (χ2n) is 4.24. The molecule has 0 bridgehead atoms. The van der Waals surface area contributed by atoms with Gasteiger partial charge in [-0.1, -0.05) is 30.3 Å². The van der Waals surface area contributed by atoms with Crippen molar-refractivity contribution in [3.63, 3.8) is 0 Å². The summed E-state index contributed by atoms with van der Waals surface area (Å²) in [5, 5.41) is 11.4. The van der Waals surface area contributed by atoms with Gasteiger partial charge < -0.3 is 19.7 Å². The van der Waals surface area contributed by atoms with E-state index in [1.807, 2.05) is 48.1 Å². The van der Waals surface area contributed by atoms with Crippen molar-refractivity contribution in [3.05, 3.63) is 54.1 Å². The molecule has 0 saturated heterocycles. The predicted octanol–water partition coefficient (Wildman–Crippen LogP) is 1.23. The van der Waals surface area contributed by atoms with Crippen LogP contribution in [0, 0.1) is 0 Å². The number of hydrogen-bond donors (Lipinski definition) is 2. The van der Waals surface area contributed by atoms with E-state index in [2.05, 4.69) is 10.3 Å². The van der Waals surface area contributed by atoms with Gasteiger partial charge in [-0.15, -0.1) is 0 Å². The number of aryl methyl sites for hydroxylation is 1. The monoisotopic (exact) mass is 275 g/mol. The lowest BCUT2D eigenvalue weighted by molar-refractivity contribution is 0.117. The first kappa shape index (κ1) is 14.1. The summed E-state index contributed by atoms with van der Waals surface area (Å²) in [5.74, 6) is 0.706. The highest BCUT2D eigenvalue weighted by Crippen LogP contribution is 2.20. The van der Waals surface area contributed by atoms with Crippen LogP contribution in [0.15, 0.2) is 42.7 Å². The topological polar surface area (TPSA) is 76.4 Å². The molecule has 1 unspecified atom stereocenters. The van der Waals surface area contributed by atoms with Crippen molar-refractivity contribution in [2.45, 2.75) is 6.04 Å². The zero-order valence-electron chi connectivity index (χ0n) is 11.2. The Labute approximate surface area is 117 Å². The number of benzene rings is 1. The Hall–Kier alpha value is -2.34. The minimum atomic E-state index is -0.587. The highest BCUT2D eigenvalue weighted by atomic mass is 16.6. The zero-order valence-corrected chi connectivity index (χ0v) is 11.2. The van der Waals surface area contributed by atoms with Gasteiger partial charge in [0.05, 0.1) is 6.61 Å². The number of ether oxygens (including phenoxy) is 1. The molecule has 2 N–H and O–H groups in total. The Morgan fingerprint density at radius 1 is 1.45 bits per heavy atom. The maximum absolute atomic E-state index is 11.7. The molecule has 6 nitrogen and oxygen atoms in total. The average molecular weight is 275 g/mol. The number of aliphatic hydroxyl groups is 1. The molecule has 0 fully saturated rings. The second kappa shape index (κ2) is 6.72. The Morgan fingerprint density at radius 2 is 2.20 bits per heavy atom. The fourth-order valence-corrected chi connectivity index (χ4v) is 1.90. The molecule has 0 saturated carbocycles. The van der Waals surface area contributed by atoms with Gasteiger partial charge in [-0.05, 0) is 5.56 Å². The van der Waals surface area contributed by atoms with Crippen LogP contribution in [0.25, 0.3) is 0 Å². The van der Waals surface area contributed by atoms with Crippen molar-refractivity contribution in [1.29, 1.82) is 0 Å². The molecule has 0 radical (unpaired) electrons. The molecule has 20 heavy (non-hydrogen) atoms. The lowest BCUT2D eigenvalue weighted by Gasteiger charge is -2.18. The van der Waals surface area contributed by atoms with Crippen molar-refractivity contribution in [1.82, 2.24) is 14.9 Å². The summed E-state index contributed by atoms with van der Waals surface area (Å²) >= 11 is 0. The molecule has 0 aliphatic heterocycles. The Morgan fingerprint density at radius 3 is 2.80 bits per heavy atom. The first-order valence-corrected chi connectivity index (χ1v) is 6.28. The summed E-state index contributed by atoms with van der Waals surface area (Å²) in [6, 6.07) is 9.11. The molecule has 1 heterocycles. The van der Waals surface area contributed by atoms with E-state index in [4.69, 9.17) is 9.84 Å². The van der Waals surface area contributed by atoms with Gasteiger partial charge >= 0.3 is 6.09 Å². The number of rotatable bonds is 5. The van der Waals surface area contributed by atoms with Crippen LogP contribution in [0.1, 0.15) is 17.4 Å². The van der Waals surface area contributed by atoms with E-state index in [1.54, 1.807) is 6.20 Å². The van der Waals surface area contributed by atoms with Gasteiger partial charge in [-0.3, -0.25) is 0 Å². The number of alkyl carbamates (subject to hydrolysis) is 1. The maximum atomic E-state index is 11.7. The van der Waals surface area contributed by atoms with Crippen molar-refractivity contribution in [2.75, 3.05) is 13.2 Å². The molecular weight excluding hydrogens is 258 g/mol. The molecule has 1 aromatic carbocycles. The normalized spacial score (nSPS) is 11.9. The van der Waals surface area contributed by atoms with Gasteiger partial charge in [0.25, 0.3) is 0 Å². The smallest absolute Gasteiger partial charge is 0.408 e. The highest BCUT2D eigenvalue weighted by Gasteiger charge is 2.20. The first-order chi connectivity index (χ1) is 9.72. The quantitative estimate of drug-likeness (QED) is 0.860. The van der Waals surface area contributed by atoms with E-state index in [0.717, 1.165) is 5.56 Å². The summed E-state index contributed by atoms with van der Waals surface area (Å²) in [7, 11) is 1.86. The Bertz CT molecular complexity index is 554. The molecule has 2 aromatic rings. The third-order valence-electron chi connectivity index (χ3n) is 2.84. The van der Waals surface area contributed by atoms with Gasteiger partial charge in [-0.25, -0.2) is 9.78 Å². The van der Waals surface area contributed by atoms with Gasteiger partial charge in [0, 0.05) is 19.4 Å². The van der Waals surface area contributed by atoms with Crippen molar-refractivity contribution < 1.29 is 14.6 Å². The molecule has 0 aliphatic carbocycles. The number of nitrogens with zero attached hydrogens (tertiary/aromatic N) is 2. The van der Waals surface area contributed by atoms with Gasteiger partial charge in [0.15, 0.2) is 0 Å². The lowest BCUT2D eigenvalue weighted by Crippen LogP contribution is -2.32. The molecular formula is C14H17N3O3. The molecule has 1 atom stereocenters. The van der Waals surface area contributed by atoms with E-state index < -0.39 is 12.1 Å². The number of aliphatic hydroxyl groups excluding tert-OH is 1. The molecule has 0 spiro atoms. The number of carbonyl (C=O) groups excluding carboxylic acids is 1. The van der Waals surface area contributed by atoms with Crippen LogP contribution < -0.4 is 5.32 Å². The van der Waals surface area contributed by atoms with Crippen molar-refractivity contribution in [3.8, 4) is 0 Å². The minimum absolute atomic E-state index is 0.0338. The highest BCUT2D eigenvalue weighted by molar-refractivity contribution is 5.68. The SMILES string of the molecule is Cn1ccnc1C(NC(=O)OCCO)c1ccccc1. The maximum Gasteiger partial charge on any atom is 0.408 e. The van der Waals surface area contributed by atoms with Crippen LogP contribution in [0.2, 0.25) is 0 Å². The van der Waals surface area contributed by atoms with E-state index >= 15 is 0 Å². The van der Waals surface area contributed by atoms with Crippen molar-refractivity contribution >= 4 is 6.09 Å². The van der Waals surface area contributed by atoms with Gasteiger partial charge in [0.1, 0.15) is 18.5 Å². The molecule has 1 aromatic heterocycles. The van der Waals surface area contributed by atoms with E-state index in [1.165, 1.54) is 0 Å². The van der Waals surface area contributed by atoms with Crippen molar-refractivity contribution in [2.24, 2.45) is 7.05 Å². The largest absolute Gasteiger partial charge is 0.447 e. The van der Waals surface area contributed by atoms with Crippen LogP contribution in [-0.2, 0) is 11.8 Å². The number of aromatic nitrogens is 2. The number of hydrogen-bond acceptors (Lipinski definition) is 4. The fraction of sp³-hybridized carbons (Fsp3) is 0.286. The second-order valence-corrected chi connectivity index (χ2v) is 4.24. The zero-order chi connectivity index (χ0) is 14.4. The standard InChI is InChI=1S/C14H17N3O3/c1-17-8-7-15-13(17)12(11-5-3-2-4-6-11)16-14(19)20-10-9-18/h2-8,12,18H,9-10H2,1H3,(H,16,19). The third-order valence-corrected chi connectivity index (χ3v) is 2.84.